The fourth-order valence-corrected chi connectivity index (χ4v) is 5.30. The number of aliphatic hydroxyl groups is 1. The number of amides is 1. The minimum absolute atomic E-state index is 0.290. The number of benzene rings is 2. The zero-order chi connectivity index (χ0) is 22.9. The summed E-state index contributed by atoms with van der Waals surface area (Å²) in [4.78, 5) is 19.2. The molecule has 1 amide bonds. The second-order valence-corrected chi connectivity index (χ2v) is 9.37. The predicted molar refractivity (Wildman–Crippen MR) is 121 cm³/mol. The average Bonchev–Trinajstić information content (AvgIpc) is 2.79. The number of carbonyl (C=O) groups is 1. The van der Waals surface area contributed by atoms with Crippen molar-refractivity contribution in [2.24, 2.45) is 0 Å². The molecule has 2 aromatic rings. The highest BCUT2D eigenvalue weighted by Gasteiger charge is 2.38. The minimum Gasteiger partial charge on any atom is -0.387 e. The second-order valence-electron chi connectivity index (χ2n) is 8.12. The lowest BCUT2D eigenvalue weighted by molar-refractivity contribution is -0.137. The first kappa shape index (κ1) is 22.9. The van der Waals surface area contributed by atoms with Crippen LogP contribution in [0.15, 0.2) is 48.5 Å². The van der Waals surface area contributed by atoms with Crippen LogP contribution in [0.1, 0.15) is 17.2 Å². The molecule has 5 nitrogen and oxygen atoms in total. The lowest BCUT2D eigenvalue weighted by Gasteiger charge is -2.38. The molecule has 4 rings (SSSR count). The van der Waals surface area contributed by atoms with Crippen molar-refractivity contribution >= 4 is 29.0 Å². The van der Waals surface area contributed by atoms with Gasteiger partial charge in [-0.1, -0.05) is 18.2 Å². The normalized spacial score (nSPS) is 21.7. The first-order chi connectivity index (χ1) is 15.3. The summed E-state index contributed by atoms with van der Waals surface area (Å²) >= 11 is 1.39. The lowest BCUT2D eigenvalue weighted by Crippen LogP contribution is -2.47. The van der Waals surface area contributed by atoms with Crippen LogP contribution in [-0.4, -0.2) is 66.7 Å². The van der Waals surface area contributed by atoms with Crippen LogP contribution >= 0.6 is 11.8 Å². The van der Waals surface area contributed by atoms with Gasteiger partial charge < -0.3 is 19.8 Å². The van der Waals surface area contributed by atoms with Gasteiger partial charge in [0, 0.05) is 55.4 Å². The number of likely N-dealkylation sites (N-methyl/N-ethyl adjacent to an activating group) is 1. The molecule has 2 saturated heterocycles. The molecular formula is C23H26F3N3O2S. The number of hydrogen-bond donors (Lipinski definition) is 1. The van der Waals surface area contributed by atoms with Gasteiger partial charge in [-0.15, -0.1) is 11.8 Å². The van der Waals surface area contributed by atoms with Gasteiger partial charge in [0.15, 0.2) is 0 Å². The zero-order valence-electron chi connectivity index (χ0n) is 17.8. The molecule has 9 heteroatoms. The van der Waals surface area contributed by atoms with Crippen molar-refractivity contribution in [3.8, 4) is 0 Å². The molecule has 0 saturated carbocycles. The fraction of sp³-hybridized carbons (Fsp3) is 0.435. The van der Waals surface area contributed by atoms with Crippen molar-refractivity contribution in [3.63, 3.8) is 0 Å². The lowest BCUT2D eigenvalue weighted by atomic mass is 10.0. The molecular weight excluding hydrogens is 439 g/mol. The Balaban J connectivity index is 1.55. The number of thioether (sulfide) groups is 1. The summed E-state index contributed by atoms with van der Waals surface area (Å²) in [6, 6.07) is 12.2. The summed E-state index contributed by atoms with van der Waals surface area (Å²) in [6.07, 6.45) is -5.44. The summed E-state index contributed by atoms with van der Waals surface area (Å²) < 4.78 is 38.6. The van der Waals surface area contributed by atoms with E-state index in [0.29, 0.717) is 23.5 Å². The molecule has 2 aliphatic heterocycles. The number of anilines is 2. The van der Waals surface area contributed by atoms with Crippen LogP contribution < -0.4 is 9.80 Å². The number of nitrogens with zero attached hydrogens (tertiary/aromatic N) is 3. The summed E-state index contributed by atoms with van der Waals surface area (Å²) in [7, 11) is 2.07. The van der Waals surface area contributed by atoms with Gasteiger partial charge in [-0.3, -0.25) is 4.79 Å². The highest BCUT2D eigenvalue weighted by molar-refractivity contribution is 8.00. The van der Waals surface area contributed by atoms with Crippen molar-refractivity contribution in [3.05, 3.63) is 59.7 Å². The highest BCUT2D eigenvalue weighted by Crippen LogP contribution is 2.38. The monoisotopic (exact) mass is 465 g/mol. The SMILES string of the molecule is CN1CCN(c2ccccc2C(O)C2SCCN(c3ccc(C(F)(F)F)cc3)C2=O)CC1. The third-order valence-corrected chi connectivity index (χ3v) is 7.25. The molecule has 0 aliphatic carbocycles. The van der Waals surface area contributed by atoms with Gasteiger partial charge in [0.1, 0.15) is 11.4 Å². The maximum Gasteiger partial charge on any atom is 0.416 e. The minimum atomic E-state index is -4.42. The van der Waals surface area contributed by atoms with Gasteiger partial charge in [-0.05, 0) is 37.4 Å². The number of alkyl halides is 3. The Morgan fingerprint density at radius 3 is 2.31 bits per heavy atom. The number of aliphatic hydroxyl groups excluding tert-OH is 1. The van der Waals surface area contributed by atoms with Gasteiger partial charge in [0.05, 0.1) is 5.56 Å². The molecule has 2 aliphatic rings. The smallest absolute Gasteiger partial charge is 0.387 e. The van der Waals surface area contributed by atoms with Crippen molar-refractivity contribution in [1.82, 2.24) is 4.90 Å². The van der Waals surface area contributed by atoms with E-state index in [-0.39, 0.29) is 5.91 Å². The number of para-hydroxylation sites is 1. The number of carbonyl (C=O) groups excluding carboxylic acids is 1. The molecule has 32 heavy (non-hydrogen) atoms. The summed E-state index contributed by atoms with van der Waals surface area (Å²) in [5.41, 5.74) is 1.29. The van der Waals surface area contributed by atoms with Gasteiger partial charge >= 0.3 is 6.18 Å². The van der Waals surface area contributed by atoms with E-state index in [1.807, 2.05) is 24.3 Å². The standard InChI is InChI=1S/C23H26F3N3O2S/c1-27-10-12-28(13-11-27)19-5-3-2-4-18(19)20(30)21-22(31)29(14-15-32-21)17-8-6-16(7-9-17)23(24,25)26/h2-9,20-21,30H,10-15H2,1H3. The number of halogens is 3. The number of piperazine rings is 1. The maximum absolute atomic E-state index is 13.3. The van der Waals surface area contributed by atoms with E-state index in [9.17, 15) is 23.1 Å². The number of hydrogen-bond acceptors (Lipinski definition) is 5. The molecule has 0 bridgehead atoms. The molecule has 0 radical (unpaired) electrons. The van der Waals surface area contributed by atoms with Crippen LogP contribution in [0.3, 0.4) is 0 Å². The van der Waals surface area contributed by atoms with Gasteiger partial charge in [-0.2, -0.15) is 13.2 Å². The first-order valence-electron chi connectivity index (χ1n) is 10.6. The Morgan fingerprint density at radius 2 is 1.66 bits per heavy atom. The fourth-order valence-electron chi connectivity index (χ4n) is 4.15. The van der Waals surface area contributed by atoms with Crippen molar-refractivity contribution < 1.29 is 23.1 Å². The van der Waals surface area contributed by atoms with E-state index in [0.717, 1.165) is 44.0 Å². The molecule has 2 aromatic carbocycles. The Kier molecular flexibility index (Phi) is 6.69. The van der Waals surface area contributed by atoms with E-state index >= 15 is 0 Å². The maximum atomic E-state index is 13.3. The highest BCUT2D eigenvalue weighted by atomic mass is 32.2. The van der Waals surface area contributed by atoms with Crippen molar-refractivity contribution in [2.45, 2.75) is 17.5 Å². The molecule has 2 fully saturated rings. The average molecular weight is 466 g/mol. The topological polar surface area (TPSA) is 47.0 Å². The Labute approximate surface area is 189 Å². The molecule has 2 unspecified atom stereocenters. The quantitative estimate of drug-likeness (QED) is 0.747. The van der Waals surface area contributed by atoms with Crippen LogP contribution in [0.25, 0.3) is 0 Å². The molecule has 2 heterocycles. The molecule has 0 spiro atoms. The van der Waals surface area contributed by atoms with Gasteiger partial charge in [-0.25, -0.2) is 0 Å². The van der Waals surface area contributed by atoms with E-state index in [1.165, 1.54) is 28.8 Å². The molecule has 2 atom stereocenters. The van der Waals surface area contributed by atoms with Gasteiger partial charge in [0.25, 0.3) is 0 Å². The first-order valence-corrected chi connectivity index (χ1v) is 11.6. The summed E-state index contributed by atoms with van der Waals surface area (Å²) in [6.45, 7) is 3.90. The third kappa shape index (κ3) is 4.74. The summed E-state index contributed by atoms with van der Waals surface area (Å²) in [5.74, 6) is 0.298. The Morgan fingerprint density at radius 1 is 1.00 bits per heavy atom. The molecule has 0 aromatic heterocycles. The van der Waals surface area contributed by atoms with E-state index in [1.54, 1.807) is 0 Å². The second kappa shape index (κ2) is 9.33. The van der Waals surface area contributed by atoms with Crippen LogP contribution in [0.2, 0.25) is 0 Å². The largest absolute Gasteiger partial charge is 0.416 e. The van der Waals surface area contributed by atoms with Crippen molar-refractivity contribution in [2.75, 3.05) is 55.3 Å². The van der Waals surface area contributed by atoms with Crippen LogP contribution in [-0.2, 0) is 11.0 Å². The van der Waals surface area contributed by atoms with Crippen LogP contribution in [0, 0.1) is 0 Å². The van der Waals surface area contributed by atoms with E-state index in [4.69, 9.17) is 0 Å². The number of rotatable bonds is 4. The van der Waals surface area contributed by atoms with E-state index < -0.39 is 23.1 Å². The van der Waals surface area contributed by atoms with Crippen molar-refractivity contribution in [1.29, 1.82) is 0 Å². The third-order valence-electron chi connectivity index (χ3n) is 6.01. The van der Waals surface area contributed by atoms with E-state index in [2.05, 4.69) is 16.8 Å². The molecule has 1 N–H and O–H groups in total. The predicted octanol–water partition coefficient (Wildman–Crippen LogP) is 3.64. The Bertz CT molecular complexity index is 946. The van der Waals surface area contributed by atoms with Crippen LogP contribution in [0.5, 0.6) is 0 Å². The zero-order valence-corrected chi connectivity index (χ0v) is 18.6. The van der Waals surface area contributed by atoms with Gasteiger partial charge in [0.2, 0.25) is 5.91 Å². The molecule has 172 valence electrons. The van der Waals surface area contributed by atoms with Crippen LogP contribution in [0.4, 0.5) is 24.5 Å². The summed E-state index contributed by atoms with van der Waals surface area (Å²) in [5, 5.41) is 10.5. The Hall–Kier alpha value is -2.23.